The van der Waals surface area contributed by atoms with E-state index in [0.717, 1.165) is 16.5 Å². The molecular formula is C29H23FN2O3S. The van der Waals surface area contributed by atoms with Gasteiger partial charge in [0.1, 0.15) is 22.2 Å². The zero-order chi connectivity index (χ0) is 25.1. The Balaban J connectivity index is 1.58. The van der Waals surface area contributed by atoms with Crippen LogP contribution >= 0.6 is 11.8 Å². The number of rotatable bonds is 6. The number of aliphatic imine (C=N–C) groups is 1. The first-order valence-corrected chi connectivity index (χ1v) is 12.3. The molecule has 36 heavy (non-hydrogen) atoms. The largest absolute Gasteiger partial charge is 0.506 e. The molecule has 0 spiro atoms. The quantitative estimate of drug-likeness (QED) is 0.290. The number of hydrogen-bond donors (Lipinski definition) is 1. The Morgan fingerprint density at radius 2 is 1.78 bits per heavy atom. The average Bonchev–Trinajstić information content (AvgIpc) is 3.38. The van der Waals surface area contributed by atoms with Gasteiger partial charge in [0.25, 0.3) is 0 Å². The van der Waals surface area contributed by atoms with Crippen LogP contribution in [-0.4, -0.2) is 27.3 Å². The van der Waals surface area contributed by atoms with Crippen LogP contribution < -0.4 is 0 Å². The molecule has 0 atom stereocenters. The molecule has 1 aliphatic heterocycles. The summed E-state index contributed by atoms with van der Waals surface area (Å²) in [5, 5.41) is 12.4. The lowest BCUT2D eigenvalue weighted by Crippen LogP contribution is -2.12. The van der Waals surface area contributed by atoms with Gasteiger partial charge < -0.3 is 14.4 Å². The van der Waals surface area contributed by atoms with Gasteiger partial charge in [-0.25, -0.2) is 14.2 Å². The van der Waals surface area contributed by atoms with Crippen LogP contribution in [0.4, 0.5) is 10.1 Å². The lowest BCUT2D eigenvalue weighted by Gasteiger charge is -2.06. The molecule has 0 saturated heterocycles. The molecule has 180 valence electrons. The van der Waals surface area contributed by atoms with Crippen molar-refractivity contribution < 1.29 is 19.0 Å². The number of esters is 1. The Labute approximate surface area is 212 Å². The van der Waals surface area contributed by atoms with Crippen LogP contribution in [0, 0.1) is 5.82 Å². The maximum atomic E-state index is 14.3. The second-order valence-corrected chi connectivity index (χ2v) is 9.16. The Bertz CT molecular complexity index is 1540. The van der Waals surface area contributed by atoms with E-state index < -0.39 is 5.97 Å². The van der Waals surface area contributed by atoms with E-state index in [-0.39, 0.29) is 23.8 Å². The molecule has 0 radical (unpaired) electrons. The zero-order valence-corrected chi connectivity index (χ0v) is 20.3. The molecule has 1 aromatic heterocycles. The molecule has 5 nitrogen and oxygen atoms in total. The summed E-state index contributed by atoms with van der Waals surface area (Å²) >= 11 is 1.21. The minimum absolute atomic E-state index is 0.0482. The smallest absolute Gasteiger partial charge is 0.344 e. The van der Waals surface area contributed by atoms with Gasteiger partial charge in [-0.1, -0.05) is 66.4 Å². The maximum Gasteiger partial charge on any atom is 0.344 e. The third kappa shape index (κ3) is 4.70. The highest BCUT2D eigenvalue weighted by molar-refractivity contribution is 8.18. The van der Waals surface area contributed by atoms with Crippen LogP contribution in [0.2, 0.25) is 0 Å². The highest BCUT2D eigenvalue weighted by Crippen LogP contribution is 2.41. The lowest BCUT2D eigenvalue weighted by molar-refractivity contribution is -0.138. The first-order valence-electron chi connectivity index (χ1n) is 11.5. The van der Waals surface area contributed by atoms with E-state index in [1.807, 2.05) is 77.5 Å². The van der Waals surface area contributed by atoms with Crippen molar-refractivity contribution in [2.45, 2.75) is 13.5 Å². The minimum atomic E-state index is -0.623. The Hall–Kier alpha value is -4.10. The summed E-state index contributed by atoms with van der Waals surface area (Å²) in [5.74, 6) is -1.05. The Morgan fingerprint density at radius 3 is 2.56 bits per heavy atom. The number of fused-ring (bicyclic) bond motifs is 1. The monoisotopic (exact) mass is 498 g/mol. The molecule has 0 unspecified atom stereocenters. The third-order valence-corrected chi connectivity index (χ3v) is 6.78. The van der Waals surface area contributed by atoms with Crippen LogP contribution in [-0.2, 0) is 16.1 Å². The highest BCUT2D eigenvalue weighted by atomic mass is 32.2. The number of hydrogen-bond acceptors (Lipinski definition) is 5. The molecular weight excluding hydrogens is 475 g/mol. The number of aliphatic hydroxyl groups is 1. The molecule has 0 amide bonds. The molecule has 0 aliphatic carbocycles. The number of benzene rings is 3. The fourth-order valence-corrected chi connectivity index (χ4v) is 5.11. The number of aromatic nitrogens is 1. The van der Waals surface area contributed by atoms with Gasteiger partial charge in [-0.05, 0) is 37.3 Å². The van der Waals surface area contributed by atoms with E-state index in [1.165, 1.54) is 17.8 Å². The fourth-order valence-electron chi connectivity index (χ4n) is 4.08. The number of halogens is 1. The summed E-state index contributed by atoms with van der Waals surface area (Å²) in [4.78, 5) is 17.8. The highest BCUT2D eigenvalue weighted by Gasteiger charge is 2.33. The van der Waals surface area contributed by atoms with Crippen molar-refractivity contribution in [3.8, 4) is 0 Å². The summed E-state index contributed by atoms with van der Waals surface area (Å²) < 4.78 is 21.5. The van der Waals surface area contributed by atoms with Crippen molar-refractivity contribution in [2.75, 3.05) is 6.61 Å². The van der Waals surface area contributed by atoms with Gasteiger partial charge in [0.2, 0.25) is 0 Å². The van der Waals surface area contributed by atoms with Crippen molar-refractivity contribution in [3.63, 3.8) is 0 Å². The molecule has 2 heterocycles. The Kier molecular flexibility index (Phi) is 6.73. The lowest BCUT2D eigenvalue weighted by atomic mass is 10.1. The number of para-hydroxylation sites is 2. The van der Waals surface area contributed by atoms with Gasteiger partial charge in [0.05, 0.1) is 23.7 Å². The summed E-state index contributed by atoms with van der Waals surface area (Å²) in [6.45, 7) is 2.26. The van der Waals surface area contributed by atoms with E-state index in [2.05, 4.69) is 4.99 Å². The number of carbonyl (C=O) groups excluding carboxylic acids is 1. The van der Waals surface area contributed by atoms with Crippen molar-refractivity contribution >= 4 is 45.4 Å². The Morgan fingerprint density at radius 1 is 1.06 bits per heavy atom. The van der Waals surface area contributed by atoms with Crippen molar-refractivity contribution in [3.05, 3.63) is 118 Å². The second kappa shape index (κ2) is 10.3. The van der Waals surface area contributed by atoms with Gasteiger partial charge >= 0.3 is 5.97 Å². The zero-order valence-electron chi connectivity index (χ0n) is 19.5. The van der Waals surface area contributed by atoms with E-state index in [1.54, 1.807) is 19.1 Å². The van der Waals surface area contributed by atoms with Gasteiger partial charge in [-0.2, -0.15) is 0 Å². The first-order chi connectivity index (χ1) is 17.5. The fraction of sp³-hybridized carbons (Fsp3) is 0.103. The number of ether oxygens (including phenoxy) is 1. The van der Waals surface area contributed by atoms with Crippen LogP contribution in [0.25, 0.3) is 17.0 Å². The average molecular weight is 499 g/mol. The van der Waals surface area contributed by atoms with E-state index >= 15 is 0 Å². The molecule has 3 aromatic carbocycles. The standard InChI is InChI=1S/C29H23FN2O3S/c1-2-35-29(34)26-27(33)25(36-28(26)31-21-11-4-3-5-12-21)16-20-18-32(24-15-9-7-13-22(20)24)17-19-10-6-8-14-23(19)30/h3-16,18,33H,2,17H2,1H3/b25-16-,31-28?. The van der Waals surface area contributed by atoms with Crippen molar-refractivity contribution in [1.82, 2.24) is 4.57 Å². The van der Waals surface area contributed by atoms with Gasteiger partial charge in [0.15, 0.2) is 0 Å². The van der Waals surface area contributed by atoms with Crippen LogP contribution in [0.15, 0.2) is 106 Å². The van der Waals surface area contributed by atoms with E-state index in [4.69, 9.17) is 4.74 Å². The van der Waals surface area contributed by atoms with Crippen LogP contribution in [0.1, 0.15) is 18.1 Å². The molecule has 0 bridgehead atoms. The summed E-state index contributed by atoms with van der Waals surface area (Å²) in [6.07, 6.45) is 3.75. The minimum Gasteiger partial charge on any atom is -0.506 e. The normalized spacial score (nSPS) is 15.8. The summed E-state index contributed by atoms with van der Waals surface area (Å²) in [5.41, 5.74) is 3.06. The van der Waals surface area contributed by atoms with E-state index in [0.29, 0.717) is 27.7 Å². The van der Waals surface area contributed by atoms with Crippen molar-refractivity contribution in [2.24, 2.45) is 4.99 Å². The van der Waals surface area contributed by atoms with Crippen LogP contribution in [0.3, 0.4) is 0 Å². The molecule has 5 rings (SSSR count). The predicted molar refractivity (Wildman–Crippen MR) is 143 cm³/mol. The third-order valence-electron chi connectivity index (χ3n) is 5.76. The van der Waals surface area contributed by atoms with Gasteiger partial charge in [-0.3, -0.25) is 0 Å². The second-order valence-electron chi connectivity index (χ2n) is 8.13. The number of aliphatic hydroxyl groups excluding tert-OH is 1. The number of nitrogens with zero attached hydrogens (tertiary/aromatic N) is 2. The molecule has 1 N–H and O–H groups in total. The summed E-state index contributed by atoms with van der Waals surface area (Å²) in [6, 6.07) is 23.8. The van der Waals surface area contributed by atoms with Gasteiger partial charge in [0, 0.05) is 28.2 Å². The first kappa shape index (κ1) is 23.6. The number of thioether (sulfide) groups is 1. The van der Waals surface area contributed by atoms with Gasteiger partial charge in [-0.15, -0.1) is 0 Å². The molecule has 0 fully saturated rings. The molecule has 4 aromatic rings. The molecule has 1 aliphatic rings. The van der Waals surface area contributed by atoms with E-state index in [9.17, 15) is 14.3 Å². The SMILES string of the molecule is CCOC(=O)C1=C(O)/C(=C/c2cn(Cc3ccccc3F)c3ccccc23)SC1=Nc1ccccc1. The molecule has 7 heteroatoms. The maximum absolute atomic E-state index is 14.3. The summed E-state index contributed by atoms with van der Waals surface area (Å²) in [7, 11) is 0. The number of carbonyl (C=O) groups is 1. The van der Waals surface area contributed by atoms with Crippen molar-refractivity contribution in [1.29, 1.82) is 0 Å². The van der Waals surface area contributed by atoms with Crippen LogP contribution in [0.5, 0.6) is 0 Å². The predicted octanol–water partition coefficient (Wildman–Crippen LogP) is 7.02. The topological polar surface area (TPSA) is 63.8 Å². The molecule has 0 saturated carbocycles.